The van der Waals surface area contributed by atoms with Crippen molar-refractivity contribution in [2.75, 3.05) is 45.2 Å². The molecule has 0 bridgehead atoms. The molecular formula is C17H27N5O. The van der Waals surface area contributed by atoms with Gasteiger partial charge in [0.1, 0.15) is 5.82 Å². The lowest BCUT2D eigenvalue weighted by Gasteiger charge is -2.33. The van der Waals surface area contributed by atoms with E-state index in [9.17, 15) is 4.79 Å². The van der Waals surface area contributed by atoms with Gasteiger partial charge in [-0.25, -0.2) is 4.98 Å². The molecule has 0 aromatic carbocycles. The quantitative estimate of drug-likeness (QED) is 0.836. The van der Waals surface area contributed by atoms with Crippen molar-refractivity contribution in [1.82, 2.24) is 19.8 Å². The third kappa shape index (κ3) is 3.47. The number of carbonyl (C=O) groups excluding carboxylic acids is 1. The van der Waals surface area contributed by atoms with Crippen molar-refractivity contribution < 1.29 is 4.79 Å². The molecule has 6 nitrogen and oxygen atoms in total. The summed E-state index contributed by atoms with van der Waals surface area (Å²) in [6, 6.07) is 0.485. The van der Waals surface area contributed by atoms with Crippen LogP contribution in [0.5, 0.6) is 0 Å². The van der Waals surface area contributed by atoms with Crippen LogP contribution in [0.25, 0.3) is 0 Å². The van der Waals surface area contributed by atoms with Crippen molar-refractivity contribution in [2.45, 2.75) is 25.8 Å². The molecule has 2 aliphatic heterocycles. The van der Waals surface area contributed by atoms with E-state index in [1.54, 1.807) is 18.6 Å². The molecule has 1 amide bonds. The SMILES string of the molecule is C[C@@H]1CN(C(=O)C2CCN(c3cnccn3)CC2)C[C@H]1N(C)C. The molecule has 0 saturated carbocycles. The fraction of sp³-hybridized carbons (Fsp3) is 0.706. The molecule has 6 heteroatoms. The molecule has 1 aromatic rings. The van der Waals surface area contributed by atoms with E-state index in [2.05, 4.69) is 45.7 Å². The molecule has 0 unspecified atom stereocenters. The van der Waals surface area contributed by atoms with Crippen LogP contribution in [-0.2, 0) is 4.79 Å². The molecule has 126 valence electrons. The average molecular weight is 317 g/mol. The zero-order chi connectivity index (χ0) is 16.4. The molecular weight excluding hydrogens is 290 g/mol. The minimum atomic E-state index is 0.163. The van der Waals surface area contributed by atoms with Gasteiger partial charge in [0.05, 0.1) is 6.20 Å². The Balaban J connectivity index is 1.55. The van der Waals surface area contributed by atoms with E-state index >= 15 is 0 Å². The Morgan fingerprint density at radius 3 is 2.52 bits per heavy atom. The van der Waals surface area contributed by atoms with Crippen molar-refractivity contribution in [3.63, 3.8) is 0 Å². The molecule has 2 aliphatic rings. The molecule has 0 N–H and O–H groups in total. The van der Waals surface area contributed by atoms with Gasteiger partial charge in [-0.3, -0.25) is 9.78 Å². The van der Waals surface area contributed by atoms with Crippen LogP contribution in [-0.4, -0.2) is 72.0 Å². The van der Waals surface area contributed by atoms with Crippen molar-refractivity contribution in [3.05, 3.63) is 18.6 Å². The lowest BCUT2D eigenvalue weighted by molar-refractivity contribution is -0.135. The molecule has 3 heterocycles. The van der Waals surface area contributed by atoms with Crippen molar-refractivity contribution in [2.24, 2.45) is 11.8 Å². The number of aromatic nitrogens is 2. The highest BCUT2D eigenvalue weighted by molar-refractivity contribution is 5.79. The van der Waals surface area contributed by atoms with Crippen molar-refractivity contribution in [1.29, 1.82) is 0 Å². The third-order valence-corrected chi connectivity index (χ3v) is 5.27. The predicted molar refractivity (Wildman–Crippen MR) is 90.2 cm³/mol. The summed E-state index contributed by atoms with van der Waals surface area (Å²) < 4.78 is 0. The molecule has 2 fully saturated rings. The molecule has 2 saturated heterocycles. The molecule has 1 aromatic heterocycles. The van der Waals surface area contributed by atoms with E-state index in [-0.39, 0.29) is 5.92 Å². The first-order valence-corrected chi connectivity index (χ1v) is 8.52. The minimum absolute atomic E-state index is 0.163. The monoisotopic (exact) mass is 317 g/mol. The second-order valence-electron chi connectivity index (χ2n) is 7.08. The van der Waals surface area contributed by atoms with Gasteiger partial charge in [0.15, 0.2) is 0 Å². The summed E-state index contributed by atoms with van der Waals surface area (Å²) in [4.78, 5) is 27.9. The van der Waals surface area contributed by atoms with Gasteiger partial charge < -0.3 is 14.7 Å². The molecule has 0 radical (unpaired) electrons. The van der Waals surface area contributed by atoms with Gasteiger partial charge in [-0.15, -0.1) is 0 Å². The zero-order valence-electron chi connectivity index (χ0n) is 14.4. The van der Waals surface area contributed by atoms with Gasteiger partial charge in [-0.1, -0.05) is 6.92 Å². The van der Waals surface area contributed by atoms with Crippen LogP contribution in [0, 0.1) is 11.8 Å². The number of hydrogen-bond donors (Lipinski definition) is 0. The maximum absolute atomic E-state index is 12.8. The second-order valence-corrected chi connectivity index (χ2v) is 7.08. The zero-order valence-corrected chi connectivity index (χ0v) is 14.4. The number of likely N-dealkylation sites (N-methyl/N-ethyl adjacent to an activating group) is 1. The van der Waals surface area contributed by atoms with Gasteiger partial charge >= 0.3 is 0 Å². The number of likely N-dealkylation sites (tertiary alicyclic amines) is 1. The molecule has 0 spiro atoms. The van der Waals surface area contributed by atoms with E-state index in [1.807, 2.05) is 0 Å². The van der Waals surface area contributed by atoms with E-state index in [1.165, 1.54) is 0 Å². The Morgan fingerprint density at radius 2 is 1.96 bits per heavy atom. The topological polar surface area (TPSA) is 52.6 Å². The van der Waals surface area contributed by atoms with Crippen LogP contribution in [0.1, 0.15) is 19.8 Å². The summed E-state index contributed by atoms with van der Waals surface area (Å²) in [7, 11) is 4.21. The first kappa shape index (κ1) is 16.2. The van der Waals surface area contributed by atoms with Crippen molar-refractivity contribution >= 4 is 11.7 Å². The summed E-state index contributed by atoms with van der Waals surface area (Å²) >= 11 is 0. The van der Waals surface area contributed by atoms with Gasteiger partial charge in [-0.2, -0.15) is 0 Å². The summed E-state index contributed by atoms with van der Waals surface area (Å²) in [5, 5.41) is 0. The highest BCUT2D eigenvalue weighted by Crippen LogP contribution is 2.27. The Kier molecular flexibility index (Phi) is 4.80. The maximum atomic E-state index is 12.8. The van der Waals surface area contributed by atoms with Crippen LogP contribution in [0.3, 0.4) is 0 Å². The maximum Gasteiger partial charge on any atom is 0.225 e. The number of carbonyl (C=O) groups is 1. The molecule has 23 heavy (non-hydrogen) atoms. The highest BCUT2D eigenvalue weighted by Gasteiger charge is 2.37. The van der Waals surface area contributed by atoms with E-state index in [0.717, 1.165) is 44.8 Å². The number of rotatable bonds is 3. The lowest BCUT2D eigenvalue weighted by Crippen LogP contribution is -2.43. The van der Waals surface area contributed by atoms with Crippen LogP contribution in [0.2, 0.25) is 0 Å². The Hall–Kier alpha value is -1.69. The Morgan fingerprint density at radius 1 is 1.22 bits per heavy atom. The summed E-state index contributed by atoms with van der Waals surface area (Å²) in [6.07, 6.45) is 7.03. The van der Waals surface area contributed by atoms with Gasteiger partial charge in [0.2, 0.25) is 5.91 Å². The number of anilines is 1. The number of nitrogens with zero attached hydrogens (tertiary/aromatic N) is 5. The molecule has 2 atom stereocenters. The molecule has 3 rings (SSSR count). The van der Waals surface area contributed by atoms with Crippen LogP contribution >= 0.6 is 0 Å². The first-order valence-electron chi connectivity index (χ1n) is 8.52. The van der Waals surface area contributed by atoms with Crippen LogP contribution in [0.15, 0.2) is 18.6 Å². The van der Waals surface area contributed by atoms with E-state index in [0.29, 0.717) is 17.9 Å². The largest absolute Gasteiger partial charge is 0.355 e. The van der Waals surface area contributed by atoms with Gasteiger partial charge in [0, 0.05) is 50.5 Å². The fourth-order valence-corrected chi connectivity index (χ4v) is 3.87. The average Bonchev–Trinajstić information content (AvgIpc) is 2.97. The first-order chi connectivity index (χ1) is 11.1. The smallest absolute Gasteiger partial charge is 0.225 e. The van der Waals surface area contributed by atoms with Gasteiger partial charge in [-0.05, 0) is 32.9 Å². The fourth-order valence-electron chi connectivity index (χ4n) is 3.87. The predicted octanol–water partition coefficient (Wildman–Crippen LogP) is 1.10. The summed E-state index contributed by atoms with van der Waals surface area (Å²) in [6.45, 7) is 5.78. The number of piperidine rings is 1. The second kappa shape index (κ2) is 6.83. The van der Waals surface area contributed by atoms with Gasteiger partial charge in [0.25, 0.3) is 0 Å². The molecule has 0 aliphatic carbocycles. The number of hydrogen-bond acceptors (Lipinski definition) is 5. The van der Waals surface area contributed by atoms with Crippen LogP contribution in [0.4, 0.5) is 5.82 Å². The Labute approximate surface area is 138 Å². The Bertz CT molecular complexity index is 527. The van der Waals surface area contributed by atoms with Crippen LogP contribution < -0.4 is 4.90 Å². The standard InChI is InChI=1S/C17H27N5O/c1-13-11-22(12-15(13)20(2)3)17(23)14-4-8-21(9-5-14)16-10-18-6-7-19-16/h6-7,10,13-15H,4-5,8-9,11-12H2,1-3H3/t13-,15-/m1/s1. The van der Waals surface area contributed by atoms with Crippen molar-refractivity contribution in [3.8, 4) is 0 Å². The lowest BCUT2D eigenvalue weighted by atomic mass is 9.95. The highest BCUT2D eigenvalue weighted by atomic mass is 16.2. The summed E-state index contributed by atoms with van der Waals surface area (Å²) in [5.41, 5.74) is 0. The summed E-state index contributed by atoms with van der Waals surface area (Å²) in [5.74, 6) is 1.98. The minimum Gasteiger partial charge on any atom is -0.355 e. The van der Waals surface area contributed by atoms with E-state index in [4.69, 9.17) is 0 Å². The third-order valence-electron chi connectivity index (χ3n) is 5.27. The number of amides is 1. The van der Waals surface area contributed by atoms with E-state index < -0.39 is 0 Å². The normalized spacial score (nSPS) is 26.1.